The molecule has 1 saturated heterocycles. The smallest absolute Gasteiger partial charge is 0.241 e. The van der Waals surface area contributed by atoms with Gasteiger partial charge in [-0.15, -0.1) is 0 Å². The fraction of sp³-hybridized carbons (Fsp3) is 0.619. The van der Waals surface area contributed by atoms with Gasteiger partial charge in [-0.1, -0.05) is 36.8 Å². The first-order chi connectivity index (χ1) is 13.1. The van der Waals surface area contributed by atoms with Gasteiger partial charge in [0.2, 0.25) is 5.91 Å². The number of aliphatic imine (C=N–C) groups is 1. The van der Waals surface area contributed by atoms with E-state index in [1.807, 2.05) is 18.2 Å². The summed E-state index contributed by atoms with van der Waals surface area (Å²) < 4.78 is 0. The van der Waals surface area contributed by atoms with E-state index in [9.17, 15) is 4.79 Å². The average Bonchev–Trinajstić information content (AvgIpc) is 2.68. The van der Waals surface area contributed by atoms with Crippen LogP contribution in [0, 0.1) is 0 Å². The molecule has 0 bridgehead atoms. The predicted molar refractivity (Wildman–Crippen MR) is 112 cm³/mol. The van der Waals surface area contributed by atoms with E-state index in [0.29, 0.717) is 18.5 Å². The number of hydrogen-bond acceptors (Lipinski definition) is 3. The highest BCUT2D eigenvalue weighted by atomic mass is 16.2. The van der Waals surface area contributed by atoms with Gasteiger partial charge >= 0.3 is 0 Å². The molecule has 1 heterocycles. The largest absolute Gasteiger partial charge is 0.356 e. The molecule has 1 aliphatic heterocycles. The maximum atomic E-state index is 11.9. The number of amides is 1. The van der Waals surface area contributed by atoms with Gasteiger partial charge in [0.1, 0.15) is 0 Å². The van der Waals surface area contributed by atoms with Crippen LogP contribution in [0.5, 0.6) is 0 Å². The SMILES string of the molecule is CC1CCCCN1CCCNC(=NCc1ccccc1)NCC(=O)N(C)C. The number of likely N-dealkylation sites (N-methyl/N-ethyl adjacent to an activating group) is 1. The molecule has 1 aromatic rings. The number of benzene rings is 1. The molecule has 27 heavy (non-hydrogen) atoms. The molecule has 1 unspecified atom stereocenters. The monoisotopic (exact) mass is 373 g/mol. The number of carbonyl (C=O) groups excluding carboxylic acids is 1. The van der Waals surface area contributed by atoms with Gasteiger partial charge in [-0.05, 0) is 38.3 Å². The fourth-order valence-corrected chi connectivity index (χ4v) is 3.22. The lowest BCUT2D eigenvalue weighted by Crippen LogP contribution is -2.44. The van der Waals surface area contributed by atoms with Crippen LogP contribution < -0.4 is 10.6 Å². The molecule has 0 aliphatic carbocycles. The zero-order chi connectivity index (χ0) is 19.5. The lowest BCUT2D eigenvalue weighted by Gasteiger charge is -2.33. The Kier molecular flexibility index (Phi) is 9.11. The Hall–Kier alpha value is -2.08. The maximum absolute atomic E-state index is 11.9. The fourth-order valence-electron chi connectivity index (χ4n) is 3.22. The first-order valence-corrected chi connectivity index (χ1v) is 10.1. The van der Waals surface area contributed by atoms with Crippen molar-refractivity contribution >= 4 is 11.9 Å². The molecule has 6 heteroatoms. The molecule has 0 spiro atoms. The van der Waals surface area contributed by atoms with E-state index in [1.54, 1.807) is 19.0 Å². The minimum Gasteiger partial charge on any atom is -0.356 e. The number of nitrogens with zero attached hydrogens (tertiary/aromatic N) is 3. The van der Waals surface area contributed by atoms with Crippen LogP contribution >= 0.6 is 0 Å². The average molecular weight is 374 g/mol. The second kappa shape index (κ2) is 11.6. The van der Waals surface area contributed by atoms with Crippen LogP contribution in [0.1, 0.15) is 38.2 Å². The van der Waals surface area contributed by atoms with Crippen molar-refractivity contribution in [3.63, 3.8) is 0 Å². The number of guanidine groups is 1. The molecule has 1 aliphatic rings. The predicted octanol–water partition coefficient (Wildman–Crippen LogP) is 2.07. The summed E-state index contributed by atoms with van der Waals surface area (Å²) >= 11 is 0. The zero-order valence-corrected chi connectivity index (χ0v) is 17.1. The summed E-state index contributed by atoms with van der Waals surface area (Å²) in [5, 5.41) is 6.53. The second-order valence-electron chi connectivity index (χ2n) is 7.45. The van der Waals surface area contributed by atoms with Crippen LogP contribution in [0.3, 0.4) is 0 Å². The van der Waals surface area contributed by atoms with Crippen LogP contribution in [-0.4, -0.2) is 68.0 Å². The van der Waals surface area contributed by atoms with E-state index in [1.165, 1.54) is 25.8 Å². The van der Waals surface area contributed by atoms with Gasteiger partial charge in [0.05, 0.1) is 13.1 Å². The highest BCUT2D eigenvalue weighted by molar-refractivity contribution is 5.86. The van der Waals surface area contributed by atoms with Crippen LogP contribution in [0.4, 0.5) is 0 Å². The molecule has 1 aromatic carbocycles. The molecular formula is C21H35N5O. The van der Waals surface area contributed by atoms with E-state index in [-0.39, 0.29) is 12.5 Å². The molecule has 1 amide bonds. The van der Waals surface area contributed by atoms with E-state index in [4.69, 9.17) is 0 Å². The van der Waals surface area contributed by atoms with Gasteiger partial charge in [-0.2, -0.15) is 0 Å². The minimum absolute atomic E-state index is 0.0337. The summed E-state index contributed by atoms with van der Waals surface area (Å²) in [4.78, 5) is 20.7. The van der Waals surface area contributed by atoms with Crippen molar-refractivity contribution in [2.24, 2.45) is 4.99 Å². The van der Waals surface area contributed by atoms with Gasteiger partial charge in [0.25, 0.3) is 0 Å². The van der Waals surface area contributed by atoms with E-state index in [0.717, 1.165) is 25.1 Å². The van der Waals surface area contributed by atoms with E-state index in [2.05, 4.69) is 39.6 Å². The Morgan fingerprint density at radius 2 is 2.00 bits per heavy atom. The molecule has 0 saturated carbocycles. The normalized spacial score (nSPS) is 18.2. The molecule has 1 atom stereocenters. The molecule has 2 rings (SSSR count). The summed E-state index contributed by atoms with van der Waals surface area (Å²) in [6, 6.07) is 10.8. The third-order valence-electron chi connectivity index (χ3n) is 5.02. The molecule has 6 nitrogen and oxygen atoms in total. The van der Waals surface area contributed by atoms with Gasteiger partial charge in [0.15, 0.2) is 5.96 Å². The first-order valence-electron chi connectivity index (χ1n) is 10.1. The van der Waals surface area contributed by atoms with Crippen LogP contribution in [0.15, 0.2) is 35.3 Å². The van der Waals surface area contributed by atoms with Crippen molar-refractivity contribution in [1.29, 1.82) is 0 Å². The number of likely N-dealkylation sites (tertiary alicyclic amines) is 1. The first kappa shape index (κ1) is 21.2. The number of nitrogens with one attached hydrogen (secondary N) is 2. The molecule has 0 radical (unpaired) electrons. The minimum atomic E-state index is 0.0337. The third kappa shape index (κ3) is 7.99. The van der Waals surface area contributed by atoms with Crippen LogP contribution in [0.25, 0.3) is 0 Å². The quantitative estimate of drug-likeness (QED) is 0.416. The van der Waals surface area contributed by atoms with Crippen LogP contribution in [-0.2, 0) is 11.3 Å². The molecule has 0 aromatic heterocycles. The van der Waals surface area contributed by atoms with Crippen molar-refractivity contribution in [2.45, 2.75) is 45.2 Å². The van der Waals surface area contributed by atoms with E-state index >= 15 is 0 Å². The van der Waals surface area contributed by atoms with Gasteiger partial charge in [0, 0.05) is 33.2 Å². The maximum Gasteiger partial charge on any atom is 0.241 e. The Labute approximate surface area is 164 Å². The highest BCUT2D eigenvalue weighted by Crippen LogP contribution is 2.16. The Morgan fingerprint density at radius 3 is 2.70 bits per heavy atom. The molecule has 2 N–H and O–H groups in total. The topological polar surface area (TPSA) is 60.0 Å². The van der Waals surface area contributed by atoms with Gasteiger partial charge in [-0.25, -0.2) is 4.99 Å². The summed E-state index contributed by atoms with van der Waals surface area (Å²) in [5.41, 5.74) is 1.15. The number of hydrogen-bond donors (Lipinski definition) is 2. The number of piperidine rings is 1. The van der Waals surface area contributed by atoms with Gasteiger partial charge < -0.3 is 20.4 Å². The van der Waals surface area contributed by atoms with Crippen molar-refractivity contribution in [3.05, 3.63) is 35.9 Å². The standard InChI is InChI=1S/C21H35N5O/c1-18-10-7-8-14-26(18)15-9-13-22-21(24-17-20(27)25(2)3)23-16-19-11-5-4-6-12-19/h4-6,11-12,18H,7-10,13-17H2,1-3H3,(H2,22,23,24). The molecular weight excluding hydrogens is 338 g/mol. The Bertz CT molecular complexity index is 587. The van der Waals surface area contributed by atoms with Crippen molar-refractivity contribution in [1.82, 2.24) is 20.4 Å². The highest BCUT2D eigenvalue weighted by Gasteiger charge is 2.17. The summed E-state index contributed by atoms with van der Waals surface area (Å²) in [6.07, 6.45) is 5.05. The number of rotatable bonds is 8. The zero-order valence-electron chi connectivity index (χ0n) is 17.1. The summed E-state index contributed by atoms with van der Waals surface area (Å²) in [5.74, 6) is 0.729. The van der Waals surface area contributed by atoms with Crippen molar-refractivity contribution in [2.75, 3.05) is 40.3 Å². The Morgan fingerprint density at radius 1 is 1.22 bits per heavy atom. The lowest BCUT2D eigenvalue weighted by molar-refractivity contribution is -0.127. The Balaban J connectivity index is 1.81. The van der Waals surface area contributed by atoms with Gasteiger partial charge in [-0.3, -0.25) is 4.79 Å². The lowest BCUT2D eigenvalue weighted by atomic mass is 10.0. The summed E-state index contributed by atoms with van der Waals surface area (Å²) in [6.45, 7) is 6.34. The van der Waals surface area contributed by atoms with Crippen LogP contribution in [0.2, 0.25) is 0 Å². The van der Waals surface area contributed by atoms with Crippen molar-refractivity contribution < 1.29 is 4.79 Å². The summed E-state index contributed by atoms with van der Waals surface area (Å²) in [7, 11) is 3.52. The van der Waals surface area contributed by atoms with Crippen molar-refractivity contribution in [3.8, 4) is 0 Å². The second-order valence-corrected chi connectivity index (χ2v) is 7.45. The third-order valence-corrected chi connectivity index (χ3v) is 5.02. The molecule has 150 valence electrons. The van der Waals surface area contributed by atoms with E-state index < -0.39 is 0 Å². The number of carbonyl (C=O) groups is 1. The molecule has 1 fully saturated rings.